The summed E-state index contributed by atoms with van der Waals surface area (Å²) < 4.78 is 5.16. The number of carbonyl (C=O) groups excluding carboxylic acids is 1. The Morgan fingerprint density at radius 3 is 2.64 bits per heavy atom. The van der Waals surface area contributed by atoms with Crippen molar-refractivity contribution < 1.29 is 9.53 Å². The Labute approximate surface area is 146 Å². The minimum Gasteiger partial charge on any atom is -0.497 e. The number of nitrogens with zero attached hydrogens (tertiary/aromatic N) is 1. The maximum absolute atomic E-state index is 12.5. The van der Waals surface area contributed by atoms with Gasteiger partial charge in [0.2, 0.25) is 0 Å². The number of rotatable bonds is 4. The summed E-state index contributed by atoms with van der Waals surface area (Å²) in [6.07, 6.45) is 1.54. The van der Waals surface area contributed by atoms with Crippen LogP contribution in [0.5, 0.6) is 5.75 Å². The highest BCUT2D eigenvalue weighted by Gasteiger charge is 2.11. The summed E-state index contributed by atoms with van der Waals surface area (Å²) in [5.74, 6) is 0.224. The van der Waals surface area contributed by atoms with E-state index in [2.05, 4.69) is 5.32 Å². The van der Waals surface area contributed by atoms with E-state index < -0.39 is 5.91 Å². The molecule has 25 heavy (non-hydrogen) atoms. The molecule has 0 bridgehead atoms. The van der Waals surface area contributed by atoms with Gasteiger partial charge in [0.05, 0.1) is 7.11 Å². The van der Waals surface area contributed by atoms with E-state index in [9.17, 15) is 10.1 Å². The minimum absolute atomic E-state index is 0.0289. The Kier molecular flexibility index (Phi) is 4.77. The molecule has 0 spiro atoms. The predicted octanol–water partition coefficient (Wildman–Crippen LogP) is 4.39. The van der Waals surface area contributed by atoms with Gasteiger partial charge in [-0.25, -0.2) is 0 Å². The molecule has 4 nitrogen and oxygen atoms in total. The van der Waals surface area contributed by atoms with Crippen LogP contribution >= 0.6 is 0 Å². The number of methoxy groups -OCH3 is 1. The number of nitrogens with one attached hydrogen (secondary N) is 1. The van der Waals surface area contributed by atoms with E-state index in [1.807, 2.05) is 60.7 Å². The lowest BCUT2D eigenvalue weighted by molar-refractivity contribution is -0.112. The second kappa shape index (κ2) is 7.33. The van der Waals surface area contributed by atoms with Crippen LogP contribution in [0, 0.1) is 11.3 Å². The van der Waals surface area contributed by atoms with Crippen molar-refractivity contribution in [2.45, 2.75) is 0 Å². The van der Waals surface area contributed by atoms with Crippen LogP contribution < -0.4 is 10.1 Å². The van der Waals surface area contributed by atoms with Gasteiger partial charge in [0.15, 0.2) is 0 Å². The maximum Gasteiger partial charge on any atom is 0.266 e. The third kappa shape index (κ3) is 3.67. The highest BCUT2D eigenvalue weighted by molar-refractivity contribution is 6.12. The molecule has 0 fully saturated rings. The molecule has 1 amide bonds. The lowest BCUT2D eigenvalue weighted by Crippen LogP contribution is -2.13. The third-order valence-corrected chi connectivity index (χ3v) is 3.81. The number of carbonyl (C=O) groups is 1. The first-order valence-corrected chi connectivity index (χ1v) is 7.76. The summed E-state index contributed by atoms with van der Waals surface area (Å²) in [7, 11) is 1.57. The van der Waals surface area contributed by atoms with Gasteiger partial charge in [0, 0.05) is 11.1 Å². The maximum atomic E-state index is 12.5. The van der Waals surface area contributed by atoms with Crippen molar-refractivity contribution in [3.05, 3.63) is 77.9 Å². The Balaban J connectivity index is 1.90. The summed E-state index contributed by atoms with van der Waals surface area (Å²) in [6.45, 7) is 0. The third-order valence-electron chi connectivity index (χ3n) is 3.81. The quantitative estimate of drug-likeness (QED) is 0.570. The van der Waals surface area contributed by atoms with Gasteiger partial charge in [-0.15, -0.1) is 0 Å². The van der Waals surface area contributed by atoms with E-state index in [0.717, 1.165) is 16.3 Å². The molecule has 0 unspecified atom stereocenters. The molecular weight excluding hydrogens is 312 g/mol. The first-order chi connectivity index (χ1) is 12.2. The highest BCUT2D eigenvalue weighted by atomic mass is 16.5. The van der Waals surface area contributed by atoms with Crippen molar-refractivity contribution >= 4 is 28.4 Å². The number of fused-ring (bicyclic) bond motifs is 1. The Bertz CT molecular complexity index is 995. The van der Waals surface area contributed by atoms with Gasteiger partial charge in [-0.1, -0.05) is 48.5 Å². The molecule has 0 saturated heterocycles. The number of hydrogen-bond donors (Lipinski definition) is 1. The molecule has 122 valence electrons. The first-order valence-electron chi connectivity index (χ1n) is 7.76. The highest BCUT2D eigenvalue weighted by Crippen LogP contribution is 2.23. The van der Waals surface area contributed by atoms with Crippen molar-refractivity contribution in [2.75, 3.05) is 12.4 Å². The van der Waals surface area contributed by atoms with Gasteiger partial charge >= 0.3 is 0 Å². The summed E-state index contributed by atoms with van der Waals surface area (Å²) in [4.78, 5) is 12.5. The molecule has 0 saturated carbocycles. The molecule has 1 N–H and O–H groups in total. The molecule has 0 aliphatic carbocycles. The van der Waals surface area contributed by atoms with Gasteiger partial charge in [-0.05, 0) is 35.2 Å². The van der Waals surface area contributed by atoms with E-state index in [1.165, 1.54) is 0 Å². The molecule has 3 rings (SSSR count). The Hall–Kier alpha value is -3.58. The minimum atomic E-state index is -0.443. The molecular formula is C21H16N2O2. The number of benzene rings is 3. The van der Waals surface area contributed by atoms with Crippen molar-refractivity contribution in [1.82, 2.24) is 0 Å². The number of hydrogen-bond acceptors (Lipinski definition) is 3. The molecule has 0 radical (unpaired) electrons. The van der Waals surface area contributed by atoms with Crippen LogP contribution in [0.3, 0.4) is 0 Å². The van der Waals surface area contributed by atoms with Gasteiger partial charge in [0.25, 0.3) is 5.91 Å². The van der Waals surface area contributed by atoms with Crippen LogP contribution in [0.2, 0.25) is 0 Å². The lowest BCUT2D eigenvalue weighted by Gasteiger charge is -2.08. The molecule has 4 heteroatoms. The zero-order chi connectivity index (χ0) is 17.6. The van der Waals surface area contributed by atoms with E-state index in [-0.39, 0.29) is 5.57 Å². The largest absolute Gasteiger partial charge is 0.497 e. The van der Waals surface area contributed by atoms with Crippen LogP contribution in [0.4, 0.5) is 5.69 Å². The second-order valence-corrected chi connectivity index (χ2v) is 5.43. The Morgan fingerprint density at radius 1 is 1.08 bits per heavy atom. The standard InChI is InChI=1S/C21H16N2O2/c1-25-18-9-4-6-15(13-18)12-17(14-22)21(24)23-20-11-5-8-16-7-2-3-10-19(16)20/h2-13H,1H3,(H,23,24)/b17-12+. The van der Waals surface area contributed by atoms with Crippen molar-refractivity contribution in [3.8, 4) is 11.8 Å². The Morgan fingerprint density at radius 2 is 1.84 bits per heavy atom. The lowest BCUT2D eigenvalue weighted by atomic mass is 10.1. The van der Waals surface area contributed by atoms with Gasteiger partial charge < -0.3 is 10.1 Å². The predicted molar refractivity (Wildman–Crippen MR) is 99.2 cm³/mol. The van der Waals surface area contributed by atoms with Crippen LogP contribution in [0.1, 0.15) is 5.56 Å². The van der Waals surface area contributed by atoms with Gasteiger partial charge in [0.1, 0.15) is 17.4 Å². The zero-order valence-corrected chi connectivity index (χ0v) is 13.7. The summed E-state index contributed by atoms with van der Waals surface area (Å²) in [5.41, 5.74) is 1.43. The second-order valence-electron chi connectivity index (χ2n) is 5.43. The first kappa shape index (κ1) is 16.3. The van der Waals surface area contributed by atoms with Gasteiger partial charge in [-0.2, -0.15) is 5.26 Å². The number of nitriles is 1. The van der Waals surface area contributed by atoms with Crippen LogP contribution in [-0.4, -0.2) is 13.0 Å². The molecule has 0 aliphatic heterocycles. The fraction of sp³-hybridized carbons (Fsp3) is 0.0476. The van der Waals surface area contributed by atoms with Crippen molar-refractivity contribution in [3.63, 3.8) is 0 Å². The molecule has 0 heterocycles. The van der Waals surface area contributed by atoms with E-state index >= 15 is 0 Å². The fourth-order valence-corrected chi connectivity index (χ4v) is 2.57. The zero-order valence-electron chi connectivity index (χ0n) is 13.7. The number of ether oxygens (including phenoxy) is 1. The van der Waals surface area contributed by atoms with Crippen molar-refractivity contribution in [2.24, 2.45) is 0 Å². The van der Waals surface area contributed by atoms with Crippen LogP contribution in [0.25, 0.3) is 16.8 Å². The monoisotopic (exact) mass is 328 g/mol. The average molecular weight is 328 g/mol. The van der Waals surface area contributed by atoms with E-state index in [1.54, 1.807) is 25.3 Å². The fourth-order valence-electron chi connectivity index (χ4n) is 2.57. The van der Waals surface area contributed by atoms with Crippen molar-refractivity contribution in [1.29, 1.82) is 5.26 Å². The molecule has 3 aromatic rings. The SMILES string of the molecule is COc1cccc(/C=C(\C#N)C(=O)Nc2cccc3ccccc23)c1. The molecule has 0 aromatic heterocycles. The smallest absolute Gasteiger partial charge is 0.266 e. The topological polar surface area (TPSA) is 62.1 Å². The summed E-state index contributed by atoms with van der Waals surface area (Å²) in [5, 5.41) is 14.1. The normalized spacial score (nSPS) is 11.0. The average Bonchev–Trinajstić information content (AvgIpc) is 2.66. The molecule has 0 aliphatic rings. The number of anilines is 1. The molecule has 0 atom stereocenters. The van der Waals surface area contributed by atoms with Crippen LogP contribution in [0.15, 0.2) is 72.3 Å². The molecule has 3 aromatic carbocycles. The van der Waals surface area contributed by atoms with Gasteiger partial charge in [-0.3, -0.25) is 4.79 Å². The summed E-state index contributed by atoms with van der Waals surface area (Å²) in [6, 6.07) is 22.6. The summed E-state index contributed by atoms with van der Waals surface area (Å²) >= 11 is 0. The van der Waals surface area contributed by atoms with E-state index in [0.29, 0.717) is 11.4 Å². The number of amides is 1. The van der Waals surface area contributed by atoms with Crippen LogP contribution in [-0.2, 0) is 4.79 Å². The van der Waals surface area contributed by atoms with E-state index in [4.69, 9.17) is 4.74 Å².